The first-order chi connectivity index (χ1) is 9.75. The molecule has 3 nitrogen and oxygen atoms in total. The summed E-state index contributed by atoms with van der Waals surface area (Å²) >= 11 is 0. The normalized spacial score (nSPS) is 11.4. The van der Waals surface area contributed by atoms with E-state index < -0.39 is 0 Å². The molecule has 3 heteroatoms. The number of phenolic OH excluding ortho intramolecular Hbond substituents is 1. The van der Waals surface area contributed by atoms with Crippen LogP contribution in [0.1, 0.15) is 5.56 Å². The molecule has 0 radical (unpaired) electrons. The summed E-state index contributed by atoms with van der Waals surface area (Å²) in [4.78, 5) is 9.40. The van der Waals surface area contributed by atoms with Crippen molar-refractivity contribution < 1.29 is 5.11 Å². The van der Waals surface area contributed by atoms with Crippen LogP contribution in [0.2, 0.25) is 0 Å². The Labute approximate surface area is 115 Å². The maximum absolute atomic E-state index is 10.4. The Bertz CT molecular complexity index is 977. The number of phenols is 1. The number of aromatic hydroxyl groups is 1. The Balaban J connectivity index is 2.33. The molecule has 0 saturated carbocycles. The number of aryl methyl sites for hydroxylation is 1. The molecule has 0 bridgehead atoms. The molecule has 1 aromatic heterocycles. The molecule has 3 aromatic carbocycles. The molecule has 1 N–H and O–H groups in total. The van der Waals surface area contributed by atoms with Crippen molar-refractivity contribution in [3.63, 3.8) is 0 Å². The number of fused-ring (bicyclic) bond motifs is 4. The molecular weight excluding hydrogens is 248 g/mol. The topological polar surface area (TPSA) is 46.0 Å². The first-order valence-electron chi connectivity index (χ1n) is 6.52. The molecule has 20 heavy (non-hydrogen) atoms. The Morgan fingerprint density at radius 1 is 0.750 bits per heavy atom. The lowest BCUT2D eigenvalue weighted by molar-refractivity contribution is 0.478. The van der Waals surface area contributed by atoms with Crippen LogP contribution in [-0.4, -0.2) is 15.1 Å². The second-order valence-electron chi connectivity index (χ2n) is 4.93. The van der Waals surface area contributed by atoms with Gasteiger partial charge in [-0.15, -0.1) is 0 Å². The summed E-state index contributed by atoms with van der Waals surface area (Å²) in [5.41, 5.74) is 4.10. The standard InChI is InChI=1S/C17H12N2O/c1-10-15-16(11-6-2-3-7-12(11)17(10)20)19-14-9-5-4-8-13(14)18-15/h2-9,20H,1H3. The van der Waals surface area contributed by atoms with Gasteiger partial charge in [-0.05, 0) is 19.1 Å². The number of rotatable bonds is 0. The number of benzene rings is 3. The van der Waals surface area contributed by atoms with E-state index in [1.54, 1.807) is 0 Å². The third kappa shape index (κ3) is 1.40. The molecule has 0 aliphatic rings. The van der Waals surface area contributed by atoms with E-state index in [9.17, 15) is 5.11 Å². The fourth-order valence-corrected chi connectivity index (χ4v) is 2.66. The van der Waals surface area contributed by atoms with Gasteiger partial charge in [0.05, 0.1) is 22.1 Å². The highest BCUT2D eigenvalue weighted by molar-refractivity contribution is 6.10. The number of nitrogens with zero attached hydrogens (tertiary/aromatic N) is 2. The quantitative estimate of drug-likeness (QED) is 0.384. The van der Waals surface area contributed by atoms with Crippen LogP contribution < -0.4 is 0 Å². The Hall–Kier alpha value is -2.68. The molecule has 1 heterocycles. The van der Waals surface area contributed by atoms with Gasteiger partial charge in [-0.3, -0.25) is 0 Å². The maximum atomic E-state index is 10.4. The smallest absolute Gasteiger partial charge is 0.128 e. The van der Waals surface area contributed by atoms with Crippen molar-refractivity contribution in [1.29, 1.82) is 0 Å². The largest absolute Gasteiger partial charge is 0.507 e. The minimum absolute atomic E-state index is 0.290. The van der Waals surface area contributed by atoms with Gasteiger partial charge in [-0.25, -0.2) is 9.97 Å². The van der Waals surface area contributed by atoms with Gasteiger partial charge in [-0.1, -0.05) is 36.4 Å². The summed E-state index contributed by atoms with van der Waals surface area (Å²) in [6.07, 6.45) is 0. The summed E-state index contributed by atoms with van der Waals surface area (Å²) in [5, 5.41) is 12.1. The van der Waals surface area contributed by atoms with Crippen LogP contribution in [-0.2, 0) is 0 Å². The zero-order valence-electron chi connectivity index (χ0n) is 11.0. The average Bonchev–Trinajstić information content (AvgIpc) is 2.51. The van der Waals surface area contributed by atoms with Gasteiger partial charge in [-0.2, -0.15) is 0 Å². The van der Waals surface area contributed by atoms with Crippen LogP contribution >= 0.6 is 0 Å². The van der Waals surface area contributed by atoms with Gasteiger partial charge in [0.1, 0.15) is 5.75 Å². The highest BCUT2D eigenvalue weighted by Gasteiger charge is 2.13. The Morgan fingerprint density at radius 3 is 2.00 bits per heavy atom. The molecule has 0 atom stereocenters. The number of hydrogen-bond donors (Lipinski definition) is 1. The van der Waals surface area contributed by atoms with E-state index in [1.807, 2.05) is 55.5 Å². The van der Waals surface area contributed by atoms with Crippen molar-refractivity contribution in [3.05, 3.63) is 54.1 Å². The summed E-state index contributed by atoms with van der Waals surface area (Å²) in [7, 11) is 0. The molecule has 96 valence electrons. The van der Waals surface area contributed by atoms with E-state index in [2.05, 4.69) is 4.98 Å². The van der Waals surface area contributed by atoms with E-state index in [1.165, 1.54) is 0 Å². The predicted octanol–water partition coefficient (Wildman–Crippen LogP) is 3.95. The monoisotopic (exact) mass is 260 g/mol. The molecule has 4 rings (SSSR count). The molecule has 0 aliphatic carbocycles. The lowest BCUT2D eigenvalue weighted by Gasteiger charge is -2.10. The lowest BCUT2D eigenvalue weighted by Crippen LogP contribution is -1.92. The third-order valence-electron chi connectivity index (χ3n) is 3.72. The van der Waals surface area contributed by atoms with Crippen molar-refractivity contribution in [2.24, 2.45) is 0 Å². The Kier molecular flexibility index (Phi) is 2.18. The van der Waals surface area contributed by atoms with Gasteiger partial charge >= 0.3 is 0 Å². The SMILES string of the molecule is Cc1c(O)c2ccccc2c2nc3ccccc3nc12. The summed E-state index contributed by atoms with van der Waals surface area (Å²) in [6.45, 7) is 1.88. The van der Waals surface area contributed by atoms with E-state index >= 15 is 0 Å². The van der Waals surface area contributed by atoms with Crippen LogP contribution in [0, 0.1) is 6.92 Å². The van der Waals surface area contributed by atoms with E-state index in [0.29, 0.717) is 0 Å². The predicted molar refractivity (Wildman–Crippen MR) is 81.0 cm³/mol. The van der Waals surface area contributed by atoms with Crippen molar-refractivity contribution in [2.75, 3.05) is 0 Å². The van der Waals surface area contributed by atoms with Gasteiger partial charge in [0.2, 0.25) is 0 Å². The second-order valence-corrected chi connectivity index (χ2v) is 4.93. The fourth-order valence-electron chi connectivity index (χ4n) is 2.66. The minimum atomic E-state index is 0.290. The molecule has 0 spiro atoms. The van der Waals surface area contributed by atoms with Crippen LogP contribution in [0.25, 0.3) is 32.8 Å². The average molecular weight is 260 g/mol. The highest BCUT2D eigenvalue weighted by atomic mass is 16.3. The maximum Gasteiger partial charge on any atom is 0.128 e. The molecule has 0 amide bonds. The first-order valence-corrected chi connectivity index (χ1v) is 6.52. The second kappa shape index (κ2) is 3.90. The summed E-state index contributed by atoms with van der Waals surface area (Å²) in [5.74, 6) is 0.290. The van der Waals surface area contributed by atoms with Crippen molar-refractivity contribution >= 4 is 32.8 Å². The van der Waals surface area contributed by atoms with Crippen LogP contribution in [0.3, 0.4) is 0 Å². The van der Waals surface area contributed by atoms with Crippen LogP contribution in [0.4, 0.5) is 0 Å². The minimum Gasteiger partial charge on any atom is -0.507 e. The summed E-state index contributed by atoms with van der Waals surface area (Å²) in [6, 6.07) is 15.5. The van der Waals surface area contributed by atoms with Crippen molar-refractivity contribution in [1.82, 2.24) is 9.97 Å². The number of para-hydroxylation sites is 2. The van der Waals surface area contributed by atoms with Gasteiger partial charge in [0.25, 0.3) is 0 Å². The van der Waals surface area contributed by atoms with E-state index in [4.69, 9.17) is 4.98 Å². The Morgan fingerprint density at radius 2 is 1.30 bits per heavy atom. The molecule has 0 fully saturated rings. The summed E-state index contributed by atoms with van der Waals surface area (Å²) < 4.78 is 0. The third-order valence-corrected chi connectivity index (χ3v) is 3.72. The van der Waals surface area contributed by atoms with Crippen LogP contribution in [0.15, 0.2) is 48.5 Å². The van der Waals surface area contributed by atoms with Gasteiger partial charge < -0.3 is 5.11 Å². The zero-order valence-corrected chi connectivity index (χ0v) is 11.0. The highest BCUT2D eigenvalue weighted by Crippen LogP contribution is 2.35. The molecule has 0 saturated heterocycles. The molecule has 0 aliphatic heterocycles. The molecule has 4 aromatic rings. The van der Waals surface area contributed by atoms with Crippen molar-refractivity contribution in [3.8, 4) is 5.75 Å². The van der Waals surface area contributed by atoms with E-state index in [0.717, 1.165) is 38.4 Å². The van der Waals surface area contributed by atoms with E-state index in [-0.39, 0.29) is 5.75 Å². The molecule has 0 unspecified atom stereocenters. The number of aromatic nitrogens is 2. The van der Waals surface area contributed by atoms with Gasteiger partial charge in [0, 0.05) is 16.3 Å². The molecular formula is C17H12N2O. The first kappa shape index (κ1) is 11.2. The van der Waals surface area contributed by atoms with Crippen LogP contribution in [0.5, 0.6) is 5.75 Å². The zero-order chi connectivity index (χ0) is 13.7. The number of hydrogen-bond acceptors (Lipinski definition) is 3. The van der Waals surface area contributed by atoms with Crippen molar-refractivity contribution in [2.45, 2.75) is 6.92 Å². The fraction of sp³-hybridized carbons (Fsp3) is 0.0588. The van der Waals surface area contributed by atoms with Gasteiger partial charge in [0.15, 0.2) is 0 Å². The lowest BCUT2D eigenvalue weighted by atomic mass is 10.0.